The first-order valence-electron chi connectivity index (χ1n) is 7.63. The normalized spacial score (nSPS) is 34.2. The molecule has 0 unspecified atom stereocenters. The first kappa shape index (κ1) is 13.4. The molecule has 2 N–H and O–H groups in total. The Hall–Kier alpha value is -0.0800. The molecule has 0 aromatic carbocycles. The van der Waals surface area contributed by atoms with Gasteiger partial charge in [-0.1, -0.05) is 26.7 Å². The zero-order valence-corrected chi connectivity index (χ0v) is 11.8. The number of hydrogen-bond acceptors (Lipinski definition) is 2. The predicted molar refractivity (Wildman–Crippen MR) is 74.0 cm³/mol. The molecular weight excluding hydrogens is 208 g/mol. The second-order valence-electron chi connectivity index (χ2n) is 6.59. The highest BCUT2D eigenvalue weighted by atomic mass is 15.2. The van der Waals surface area contributed by atoms with Crippen LogP contribution >= 0.6 is 0 Å². The second-order valence-corrected chi connectivity index (χ2v) is 6.59. The summed E-state index contributed by atoms with van der Waals surface area (Å²) in [6, 6.07) is 0.901. The number of nitrogens with zero attached hydrogens (tertiary/aromatic N) is 1. The van der Waals surface area contributed by atoms with Gasteiger partial charge in [-0.2, -0.15) is 0 Å². The van der Waals surface area contributed by atoms with Crippen molar-refractivity contribution in [1.29, 1.82) is 0 Å². The van der Waals surface area contributed by atoms with Gasteiger partial charge in [-0.15, -0.1) is 0 Å². The van der Waals surface area contributed by atoms with Crippen molar-refractivity contribution in [3.05, 3.63) is 0 Å². The summed E-state index contributed by atoms with van der Waals surface area (Å²) >= 11 is 0. The number of nitrogens with two attached hydrogens (primary N) is 1. The van der Waals surface area contributed by atoms with E-state index in [4.69, 9.17) is 5.73 Å². The van der Waals surface area contributed by atoms with Crippen LogP contribution in [0.2, 0.25) is 0 Å². The van der Waals surface area contributed by atoms with Gasteiger partial charge in [-0.25, -0.2) is 0 Å². The highest BCUT2D eigenvalue weighted by Crippen LogP contribution is 2.40. The van der Waals surface area contributed by atoms with Crippen LogP contribution in [0.3, 0.4) is 0 Å². The summed E-state index contributed by atoms with van der Waals surface area (Å²) in [6.45, 7) is 8.14. The molecular formula is C15H30N2. The molecule has 2 heteroatoms. The van der Waals surface area contributed by atoms with Gasteiger partial charge in [-0.3, -0.25) is 4.90 Å². The van der Waals surface area contributed by atoms with Crippen LogP contribution in [0.25, 0.3) is 0 Å². The van der Waals surface area contributed by atoms with Gasteiger partial charge in [-0.05, 0) is 56.5 Å². The molecule has 0 aliphatic heterocycles. The van der Waals surface area contributed by atoms with Crippen LogP contribution in [0.15, 0.2) is 0 Å². The first-order chi connectivity index (χ1) is 8.19. The Kier molecular flexibility index (Phi) is 4.48. The molecule has 2 nitrogen and oxygen atoms in total. The molecule has 0 atom stereocenters. The average molecular weight is 238 g/mol. The van der Waals surface area contributed by atoms with Crippen LogP contribution in [0.5, 0.6) is 0 Å². The van der Waals surface area contributed by atoms with E-state index in [0.29, 0.717) is 5.41 Å². The summed E-state index contributed by atoms with van der Waals surface area (Å²) in [5.74, 6) is 0.926. The third kappa shape index (κ3) is 3.45. The van der Waals surface area contributed by atoms with Gasteiger partial charge in [0.25, 0.3) is 0 Å². The molecule has 0 amide bonds. The molecule has 2 fully saturated rings. The van der Waals surface area contributed by atoms with E-state index in [9.17, 15) is 0 Å². The van der Waals surface area contributed by atoms with E-state index in [1.54, 1.807) is 0 Å². The van der Waals surface area contributed by atoms with Crippen LogP contribution in [-0.4, -0.2) is 30.6 Å². The minimum absolute atomic E-state index is 0.449. The summed E-state index contributed by atoms with van der Waals surface area (Å²) in [5, 5.41) is 0. The SMILES string of the molecule is CCCN(CC1(CN)CCC(C)CC1)C1CC1. The molecule has 2 rings (SSSR count). The number of rotatable bonds is 6. The molecule has 0 radical (unpaired) electrons. The quantitative estimate of drug-likeness (QED) is 0.771. The number of hydrogen-bond donors (Lipinski definition) is 1. The van der Waals surface area contributed by atoms with Crippen molar-refractivity contribution in [2.45, 2.75) is 64.8 Å². The van der Waals surface area contributed by atoms with Crippen LogP contribution in [0.4, 0.5) is 0 Å². The Balaban J connectivity index is 1.92. The monoisotopic (exact) mass is 238 g/mol. The van der Waals surface area contributed by atoms with E-state index in [2.05, 4.69) is 18.7 Å². The minimum Gasteiger partial charge on any atom is -0.330 e. The molecule has 0 heterocycles. The fourth-order valence-corrected chi connectivity index (χ4v) is 3.35. The highest BCUT2D eigenvalue weighted by molar-refractivity contribution is 4.93. The molecule has 0 aromatic heterocycles. The van der Waals surface area contributed by atoms with Crippen molar-refractivity contribution >= 4 is 0 Å². The van der Waals surface area contributed by atoms with E-state index < -0.39 is 0 Å². The van der Waals surface area contributed by atoms with Crippen molar-refractivity contribution < 1.29 is 0 Å². The standard InChI is InChI=1S/C15H30N2/c1-3-10-17(14-4-5-14)12-15(11-16)8-6-13(2)7-9-15/h13-14H,3-12,16H2,1-2H3. The fraction of sp³-hybridized carbons (Fsp3) is 1.00. The van der Waals surface area contributed by atoms with Gasteiger partial charge in [0.15, 0.2) is 0 Å². The zero-order valence-electron chi connectivity index (χ0n) is 11.8. The molecule has 0 saturated heterocycles. The second kappa shape index (κ2) is 5.71. The predicted octanol–water partition coefficient (Wildman–Crippen LogP) is 3.02. The lowest BCUT2D eigenvalue weighted by Gasteiger charge is -2.42. The maximum atomic E-state index is 6.12. The summed E-state index contributed by atoms with van der Waals surface area (Å²) in [7, 11) is 0. The Morgan fingerprint density at radius 1 is 1.18 bits per heavy atom. The lowest BCUT2D eigenvalue weighted by atomic mass is 9.70. The van der Waals surface area contributed by atoms with Gasteiger partial charge in [0.1, 0.15) is 0 Å². The molecule has 100 valence electrons. The molecule has 17 heavy (non-hydrogen) atoms. The van der Waals surface area contributed by atoms with Crippen molar-refractivity contribution in [3.8, 4) is 0 Å². The lowest BCUT2D eigenvalue weighted by Crippen LogP contribution is -2.45. The average Bonchev–Trinajstić information content (AvgIpc) is 3.16. The Bertz CT molecular complexity index is 227. The van der Waals surface area contributed by atoms with Crippen molar-refractivity contribution in [3.63, 3.8) is 0 Å². The summed E-state index contributed by atoms with van der Waals surface area (Å²) in [4.78, 5) is 2.74. The van der Waals surface area contributed by atoms with E-state index in [1.165, 1.54) is 58.0 Å². The maximum Gasteiger partial charge on any atom is 0.00966 e. The van der Waals surface area contributed by atoms with Crippen LogP contribution in [0, 0.1) is 11.3 Å². The Labute approximate surface area is 107 Å². The van der Waals surface area contributed by atoms with Crippen LogP contribution in [-0.2, 0) is 0 Å². The maximum absolute atomic E-state index is 6.12. The van der Waals surface area contributed by atoms with E-state index in [0.717, 1.165) is 18.5 Å². The molecule has 0 spiro atoms. The first-order valence-corrected chi connectivity index (χ1v) is 7.63. The molecule has 2 aliphatic carbocycles. The van der Waals surface area contributed by atoms with Crippen molar-refractivity contribution in [2.24, 2.45) is 17.1 Å². The van der Waals surface area contributed by atoms with E-state index >= 15 is 0 Å². The molecule has 0 aromatic rings. The zero-order chi connectivity index (χ0) is 12.3. The summed E-state index contributed by atoms with van der Waals surface area (Å²) in [6.07, 6.45) is 9.64. The molecule has 0 bridgehead atoms. The van der Waals surface area contributed by atoms with Gasteiger partial charge < -0.3 is 5.73 Å². The van der Waals surface area contributed by atoms with Gasteiger partial charge in [0, 0.05) is 12.6 Å². The smallest absolute Gasteiger partial charge is 0.00966 e. The van der Waals surface area contributed by atoms with E-state index in [-0.39, 0.29) is 0 Å². The van der Waals surface area contributed by atoms with Gasteiger partial charge in [0.2, 0.25) is 0 Å². The lowest BCUT2D eigenvalue weighted by molar-refractivity contribution is 0.0902. The largest absolute Gasteiger partial charge is 0.330 e. The van der Waals surface area contributed by atoms with Crippen LogP contribution in [0.1, 0.15) is 58.8 Å². The molecule has 2 aliphatic rings. The fourth-order valence-electron chi connectivity index (χ4n) is 3.35. The third-order valence-corrected chi connectivity index (χ3v) is 4.88. The summed E-state index contributed by atoms with van der Waals surface area (Å²) in [5.41, 5.74) is 6.57. The third-order valence-electron chi connectivity index (χ3n) is 4.88. The van der Waals surface area contributed by atoms with Gasteiger partial charge in [0.05, 0.1) is 0 Å². The highest BCUT2D eigenvalue weighted by Gasteiger charge is 2.38. The van der Waals surface area contributed by atoms with Crippen molar-refractivity contribution in [2.75, 3.05) is 19.6 Å². The van der Waals surface area contributed by atoms with E-state index in [1.807, 2.05) is 0 Å². The Morgan fingerprint density at radius 2 is 1.82 bits per heavy atom. The Morgan fingerprint density at radius 3 is 2.29 bits per heavy atom. The molecule has 2 saturated carbocycles. The summed E-state index contributed by atoms with van der Waals surface area (Å²) < 4.78 is 0. The van der Waals surface area contributed by atoms with Gasteiger partial charge >= 0.3 is 0 Å². The van der Waals surface area contributed by atoms with Crippen molar-refractivity contribution in [1.82, 2.24) is 4.90 Å². The minimum atomic E-state index is 0.449. The van der Waals surface area contributed by atoms with Crippen LogP contribution < -0.4 is 5.73 Å². The topological polar surface area (TPSA) is 29.3 Å².